The molecule has 1 heterocycles. The number of halogens is 1. The van der Waals surface area contributed by atoms with E-state index < -0.39 is 6.10 Å². The van der Waals surface area contributed by atoms with Gasteiger partial charge in [-0.05, 0) is 13.0 Å². The molecule has 0 radical (unpaired) electrons. The Kier molecular flexibility index (Phi) is 4.34. The summed E-state index contributed by atoms with van der Waals surface area (Å²) in [6.45, 7) is 2.86. The molecule has 0 spiro atoms. The van der Waals surface area contributed by atoms with E-state index in [1.165, 1.54) is 0 Å². The van der Waals surface area contributed by atoms with Crippen LogP contribution in [0.1, 0.15) is 18.6 Å². The number of aliphatic hydroxyl groups excluding tert-OH is 1. The molecular weight excluding hydrogens is 266 g/mol. The van der Waals surface area contributed by atoms with Crippen molar-refractivity contribution in [1.29, 1.82) is 0 Å². The molecule has 104 valence electrons. The molecule has 5 heteroatoms. The third kappa shape index (κ3) is 2.43. The van der Waals surface area contributed by atoms with E-state index in [0.29, 0.717) is 18.3 Å². The summed E-state index contributed by atoms with van der Waals surface area (Å²) in [7, 11) is 3.27. The molecule has 1 aromatic heterocycles. The van der Waals surface area contributed by atoms with Gasteiger partial charge in [0, 0.05) is 24.6 Å². The first-order chi connectivity index (χ1) is 9.11. The van der Waals surface area contributed by atoms with Crippen LogP contribution in [0.25, 0.3) is 10.9 Å². The van der Waals surface area contributed by atoms with E-state index in [4.69, 9.17) is 21.1 Å². The fourth-order valence-electron chi connectivity index (χ4n) is 2.33. The number of benzene rings is 1. The number of rotatable bonds is 5. The second kappa shape index (κ2) is 5.82. The zero-order chi connectivity index (χ0) is 14.0. The lowest BCUT2D eigenvalue weighted by Crippen LogP contribution is -2.05. The second-order valence-electron chi connectivity index (χ2n) is 4.38. The van der Waals surface area contributed by atoms with Gasteiger partial charge in [0.1, 0.15) is 10.9 Å². The molecule has 0 aliphatic rings. The summed E-state index contributed by atoms with van der Waals surface area (Å²) in [5.41, 5.74) is 1.62. The van der Waals surface area contributed by atoms with Gasteiger partial charge in [-0.15, -0.1) is 0 Å². The lowest BCUT2D eigenvalue weighted by atomic mass is 10.1. The van der Waals surface area contributed by atoms with Crippen molar-refractivity contribution in [3.8, 4) is 5.75 Å². The summed E-state index contributed by atoms with van der Waals surface area (Å²) in [5, 5.41) is 11.4. The van der Waals surface area contributed by atoms with Crippen LogP contribution in [0.3, 0.4) is 0 Å². The lowest BCUT2D eigenvalue weighted by Gasteiger charge is -2.09. The van der Waals surface area contributed by atoms with Crippen LogP contribution < -0.4 is 4.74 Å². The first-order valence-electron chi connectivity index (χ1n) is 6.13. The molecule has 1 aromatic carbocycles. The number of para-hydroxylation sites is 1. The van der Waals surface area contributed by atoms with Crippen molar-refractivity contribution in [2.75, 3.05) is 20.8 Å². The lowest BCUT2D eigenvalue weighted by molar-refractivity contribution is 0.187. The van der Waals surface area contributed by atoms with Crippen LogP contribution in [-0.2, 0) is 11.3 Å². The third-order valence-electron chi connectivity index (χ3n) is 3.18. The average Bonchev–Trinajstić information content (AvgIpc) is 2.68. The first kappa shape index (κ1) is 14.2. The Morgan fingerprint density at radius 3 is 2.68 bits per heavy atom. The van der Waals surface area contributed by atoms with Crippen LogP contribution in [0.15, 0.2) is 18.2 Å². The molecule has 1 unspecified atom stereocenters. The number of ether oxygens (including phenoxy) is 2. The molecule has 0 saturated heterocycles. The maximum Gasteiger partial charge on any atom is 0.143 e. The minimum atomic E-state index is -0.633. The molecule has 0 saturated carbocycles. The van der Waals surface area contributed by atoms with Gasteiger partial charge < -0.3 is 19.1 Å². The second-order valence-corrected chi connectivity index (χ2v) is 4.74. The van der Waals surface area contributed by atoms with Crippen molar-refractivity contribution < 1.29 is 14.6 Å². The molecular formula is C14H18ClNO3. The largest absolute Gasteiger partial charge is 0.495 e. The number of methoxy groups -OCH3 is 2. The van der Waals surface area contributed by atoms with Crippen LogP contribution in [-0.4, -0.2) is 30.5 Å². The highest BCUT2D eigenvalue weighted by atomic mass is 35.5. The Labute approximate surface area is 117 Å². The van der Waals surface area contributed by atoms with E-state index in [1.807, 2.05) is 22.8 Å². The van der Waals surface area contributed by atoms with E-state index >= 15 is 0 Å². The number of fused-ring (bicyclic) bond motifs is 1. The molecule has 2 rings (SSSR count). The number of nitrogens with zero attached hydrogens (tertiary/aromatic N) is 1. The van der Waals surface area contributed by atoms with Gasteiger partial charge in [-0.25, -0.2) is 0 Å². The van der Waals surface area contributed by atoms with Gasteiger partial charge in [-0.1, -0.05) is 23.7 Å². The molecule has 1 atom stereocenters. The maximum atomic E-state index is 9.94. The Morgan fingerprint density at radius 2 is 2.11 bits per heavy atom. The molecule has 0 amide bonds. The normalized spacial score (nSPS) is 12.9. The molecule has 0 aliphatic heterocycles. The predicted molar refractivity (Wildman–Crippen MR) is 76.0 cm³/mol. The Morgan fingerprint density at radius 1 is 1.37 bits per heavy atom. The van der Waals surface area contributed by atoms with Gasteiger partial charge in [0.15, 0.2) is 0 Å². The van der Waals surface area contributed by atoms with Crippen molar-refractivity contribution in [2.24, 2.45) is 0 Å². The smallest absolute Gasteiger partial charge is 0.143 e. The topological polar surface area (TPSA) is 43.6 Å². The van der Waals surface area contributed by atoms with Gasteiger partial charge in [0.25, 0.3) is 0 Å². The quantitative estimate of drug-likeness (QED) is 0.917. The standard InChI is InChI=1S/C14H18ClNO3/c1-9(17)12-10-5-4-6-11(19-3)13(10)16(14(12)15)7-8-18-2/h4-6,9,17H,7-8H2,1-3H3. The van der Waals surface area contributed by atoms with Crippen LogP contribution in [0.5, 0.6) is 5.75 Å². The molecule has 2 aromatic rings. The van der Waals surface area contributed by atoms with Crippen molar-refractivity contribution in [1.82, 2.24) is 4.57 Å². The third-order valence-corrected chi connectivity index (χ3v) is 3.58. The SMILES string of the molecule is COCCn1c(Cl)c(C(C)O)c2cccc(OC)c21. The number of aromatic nitrogens is 1. The number of hydrogen-bond acceptors (Lipinski definition) is 3. The molecule has 0 aliphatic carbocycles. The summed E-state index contributed by atoms with van der Waals surface area (Å²) in [4.78, 5) is 0. The summed E-state index contributed by atoms with van der Waals surface area (Å²) in [5.74, 6) is 0.738. The highest BCUT2D eigenvalue weighted by molar-refractivity contribution is 6.32. The van der Waals surface area contributed by atoms with Crippen molar-refractivity contribution >= 4 is 22.5 Å². The van der Waals surface area contributed by atoms with Crippen LogP contribution in [0.4, 0.5) is 0 Å². The van der Waals surface area contributed by atoms with Gasteiger partial charge in [0.2, 0.25) is 0 Å². The van der Waals surface area contributed by atoms with Crippen molar-refractivity contribution in [3.05, 3.63) is 28.9 Å². The van der Waals surface area contributed by atoms with Gasteiger partial charge in [-0.2, -0.15) is 0 Å². The van der Waals surface area contributed by atoms with Gasteiger partial charge in [0.05, 0.1) is 25.3 Å². The van der Waals surface area contributed by atoms with Crippen LogP contribution in [0.2, 0.25) is 5.15 Å². The summed E-state index contributed by atoms with van der Waals surface area (Å²) < 4.78 is 12.4. The van der Waals surface area contributed by atoms with E-state index in [1.54, 1.807) is 21.1 Å². The first-order valence-corrected chi connectivity index (χ1v) is 6.51. The zero-order valence-electron chi connectivity index (χ0n) is 11.3. The van der Waals surface area contributed by atoms with E-state index in [-0.39, 0.29) is 0 Å². The fraction of sp³-hybridized carbons (Fsp3) is 0.429. The average molecular weight is 284 g/mol. The zero-order valence-corrected chi connectivity index (χ0v) is 12.1. The van der Waals surface area contributed by atoms with Crippen molar-refractivity contribution in [3.63, 3.8) is 0 Å². The van der Waals surface area contributed by atoms with Gasteiger partial charge >= 0.3 is 0 Å². The Hall–Kier alpha value is -1.23. The maximum absolute atomic E-state index is 9.94. The molecule has 0 bridgehead atoms. The summed E-state index contributed by atoms with van der Waals surface area (Å²) in [6.07, 6.45) is -0.633. The van der Waals surface area contributed by atoms with Crippen molar-refractivity contribution in [2.45, 2.75) is 19.6 Å². The minimum absolute atomic E-state index is 0.534. The van der Waals surface area contributed by atoms with Gasteiger partial charge in [-0.3, -0.25) is 0 Å². The highest BCUT2D eigenvalue weighted by Gasteiger charge is 2.21. The minimum Gasteiger partial charge on any atom is -0.495 e. The molecule has 4 nitrogen and oxygen atoms in total. The summed E-state index contributed by atoms with van der Waals surface area (Å²) >= 11 is 6.40. The predicted octanol–water partition coefficient (Wildman–Crippen LogP) is 3.00. The molecule has 19 heavy (non-hydrogen) atoms. The van der Waals surface area contributed by atoms with Crippen LogP contribution in [0, 0.1) is 0 Å². The molecule has 0 fully saturated rings. The summed E-state index contributed by atoms with van der Waals surface area (Å²) in [6, 6.07) is 5.72. The molecule has 1 N–H and O–H groups in total. The number of aliphatic hydroxyl groups is 1. The highest BCUT2D eigenvalue weighted by Crippen LogP contribution is 2.38. The number of hydrogen-bond donors (Lipinski definition) is 1. The Balaban J connectivity index is 2.73. The van der Waals surface area contributed by atoms with E-state index in [2.05, 4.69) is 0 Å². The monoisotopic (exact) mass is 283 g/mol. The fourth-order valence-corrected chi connectivity index (χ4v) is 2.76. The van der Waals surface area contributed by atoms with Crippen LogP contribution >= 0.6 is 11.6 Å². The van der Waals surface area contributed by atoms with E-state index in [0.717, 1.165) is 22.2 Å². The van der Waals surface area contributed by atoms with E-state index in [9.17, 15) is 5.11 Å². The Bertz CT molecular complexity index is 578.